The number of amides is 2. The standard InChI is InChI=1S/C21H22N2O6/c1-13(22-21(27)29-12-14-6-4-3-5-7-14)19(24)23-17-9-8-16(28-2)10-15(17)11-18(23)20(25)26/h3-10,13,18H,11-12H2,1-2H3,(H,22,27)(H,25,26)/t13-,18-/m0/s1. The number of hydrogen-bond donors (Lipinski definition) is 2. The Hall–Kier alpha value is -3.55. The van der Waals surface area contributed by atoms with Crippen molar-refractivity contribution >= 4 is 23.7 Å². The highest BCUT2D eigenvalue weighted by molar-refractivity contribution is 6.05. The van der Waals surface area contributed by atoms with Gasteiger partial charge in [-0.1, -0.05) is 30.3 Å². The number of benzene rings is 2. The van der Waals surface area contributed by atoms with Gasteiger partial charge in [0.1, 0.15) is 24.4 Å². The number of carboxylic acid groups (broad SMARTS) is 1. The lowest BCUT2D eigenvalue weighted by molar-refractivity contribution is -0.140. The van der Waals surface area contributed by atoms with Crippen LogP contribution >= 0.6 is 0 Å². The fraction of sp³-hybridized carbons (Fsp3) is 0.286. The van der Waals surface area contributed by atoms with Crippen molar-refractivity contribution in [2.24, 2.45) is 0 Å². The highest BCUT2D eigenvalue weighted by Crippen LogP contribution is 2.35. The van der Waals surface area contributed by atoms with E-state index in [2.05, 4.69) is 5.32 Å². The van der Waals surface area contributed by atoms with E-state index >= 15 is 0 Å². The van der Waals surface area contributed by atoms with E-state index in [1.807, 2.05) is 30.3 Å². The molecular formula is C21H22N2O6. The summed E-state index contributed by atoms with van der Waals surface area (Å²) in [6, 6.07) is 12.2. The lowest BCUT2D eigenvalue weighted by Crippen LogP contribution is -2.51. The molecule has 0 unspecified atom stereocenters. The maximum Gasteiger partial charge on any atom is 0.408 e. The quantitative estimate of drug-likeness (QED) is 0.774. The molecule has 0 spiro atoms. The van der Waals surface area contributed by atoms with Gasteiger partial charge in [-0.2, -0.15) is 0 Å². The Bertz CT molecular complexity index is 915. The normalized spacial score (nSPS) is 15.9. The van der Waals surface area contributed by atoms with Crippen LogP contribution in [-0.2, 0) is 27.4 Å². The SMILES string of the molecule is COc1ccc2c(c1)C[C@@H](C(=O)O)N2C(=O)[C@H](C)NC(=O)OCc1ccccc1. The van der Waals surface area contributed by atoms with Crippen molar-refractivity contribution in [3.8, 4) is 5.75 Å². The molecule has 0 saturated heterocycles. The third-order valence-corrected chi connectivity index (χ3v) is 4.71. The van der Waals surface area contributed by atoms with E-state index in [0.29, 0.717) is 17.0 Å². The first-order valence-corrected chi connectivity index (χ1v) is 9.10. The van der Waals surface area contributed by atoms with Crippen molar-refractivity contribution in [1.29, 1.82) is 0 Å². The molecule has 8 nitrogen and oxygen atoms in total. The maximum atomic E-state index is 12.9. The number of hydrogen-bond acceptors (Lipinski definition) is 5. The van der Waals surface area contributed by atoms with Gasteiger partial charge in [-0.25, -0.2) is 9.59 Å². The molecule has 0 bridgehead atoms. The zero-order chi connectivity index (χ0) is 21.0. The van der Waals surface area contributed by atoms with E-state index in [0.717, 1.165) is 5.56 Å². The first-order chi connectivity index (χ1) is 13.9. The minimum Gasteiger partial charge on any atom is -0.497 e. The summed E-state index contributed by atoms with van der Waals surface area (Å²) in [5.41, 5.74) is 2.01. The molecule has 2 amide bonds. The van der Waals surface area contributed by atoms with Crippen LogP contribution in [0.1, 0.15) is 18.1 Å². The summed E-state index contributed by atoms with van der Waals surface area (Å²) < 4.78 is 10.3. The lowest BCUT2D eigenvalue weighted by Gasteiger charge is -2.26. The molecule has 0 aromatic heterocycles. The summed E-state index contributed by atoms with van der Waals surface area (Å²) in [7, 11) is 1.52. The van der Waals surface area contributed by atoms with Crippen LogP contribution in [0.2, 0.25) is 0 Å². The number of aliphatic carboxylic acids is 1. The fourth-order valence-corrected chi connectivity index (χ4v) is 3.24. The number of carbonyl (C=O) groups is 3. The Balaban J connectivity index is 1.69. The third-order valence-electron chi connectivity index (χ3n) is 4.71. The molecule has 8 heteroatoms. The Morgan fingerprint density at radius 1 is 1.21 bits per heavy atom. The van der Waals surface area contributed by atoms with Crippen LogP contribution in [0.25, 0.3) is 0 Å². The maximum absolute atomic E-state index is 12.9. The first kappa shape index (κ1) is 20.2. The van der Waals surface area contributed by atoms with Crippen molar-refractivity contribution in [2.45, 2.75) is 32.0 Å². The molecular weight excluding hydrogens is 376 g/mol. The second kappa shape index (κ2) is 8.64. The van der Waals surface area contributed by atoms with Gasteiger partial charge < -0.3 is 19.9 Å². The van der Waals surface area contributed by atoms with E-state index in [1.165, 1.54) is 18.9 Å². The van der Waals surface area contributed by atoms with Crippen molar-refractivity contribution in [3.63, 3.8) is 0 Å². The molecule has 3 rings (SSSR count). The monoisotopic (exact) mass is 398 g/mol. The molecule has 0 aliphatic carbocycles. The molecule has 2 N–H and O–H groups in total. The van der Waals surface area contributed by atoms with Crippen LogP contribution < -0.4 is 15.0 Å². The van der Waals surface area contributed by atoms with E-state index < -0.39 is 30.1 Å². The Morgan fingerprint density at radius 2 is 1.93 bits per heavy atom. The molecule has 152 valence electrons. The van der Waals surface area contributed by atoms with Crippen LogP contribution in [0.4, 0.5) is 10.5 Å². The first-order valence-electron chi connectivity index (χ1n) is 9.10. The zero-order valence-corrected chi connectivity index (χ0v) is 16.1. The van der Waals surface area contributed by atoms with Gasteiger partial charge in [-0.3, -0.25) is 9.69 Å². The van der Waals surface area contributed by atoms with Crippen molar-refractivity contribution in [3.05, 3.63) is 59.7 Å². The summed E-state index contributed by atoms with van der Waals surface area (Å²) in [5, 5.41) is 12.0. The molecule has 0 fully saturated rings. The third kappa shape index (κ3) is 4.48. The highest BCUT2D eigenvalue weighted by Gasteiger charge is 2.40. The van der Waals surface area contributed by atoms with E-state index in [9.17, 15) is 19.5 Å². The van der Waals surface area contributed by atoms with Gasteiger partial charge in [0.2, 0.25) is 5.91 Å². The van der Waals surface area contributed by atoms with Crippen molar-refractivity contribution in [2.75, 3.05) is 12.0 Å². The van der Waals surface area contributed by atoms with Gasteiger partial charge in [-0.05, 0) is 36.2 Å². The zero-order valence-electron chi connectivity index (χ0n) is 16.1. The molecule has 1 aliphatic rings. The molecule has 0 radical (unpaired) electrons. The number of fused-ring (bicyclic) bond motifs is 1. The predicted octanol–water partition coefficient (Wildman–Crippen LogP) is 2.35. The molecule has 1 aliphatic heterocycles. The minimum absolute atomic E-state index is 0.0671. The summed E-state index contributed by atoms with van der Waals surface area (Å²) in [4.78, 5) is 37.9. The lowest BCUT2D eigenvalue weighted by atomic mass is 10.1. The smallest absolute Gasteiger partial charge is 0.408 e. The Kier molecular flexibility index (Phi) is 6.01. The molecule has 29 heavy (non-hydrogen) atoms. The molecule has 2 atom stereocenters. The van der Waals surface area contributed by atoms with Crippen LogP contribution in [-0.4, -0.2) is 42.3 Å². The molecule has 0 saturated carbocycles. The minimum atomic E-state index is -1.12. The summed E-state index contributed by atoms with van der Waals surface area (Å²) in [5.74, 6) is -1.07. The summed E-state index contributed by atoms with van der Waals surface area (Å²) in [6.07, 6.45) is -0.588. The average molecular weight is 398 g/mol. The number of methoxy groups -OCH3 is 1. The molecule has 2 aromatic carbocycles. The Morgan fingerprint density at radius 3 is 2.59 bits per heavy atom. The number of alkyl carbamates (subject to hydrolysis) is 1. The van der Waals surface area contributed by atoms with Crippen LogP contribution in [0.5, 0.6) is 5.75 Å². The van der Waals surface area contributed by atoms with E-state index in [-0.39, 0.29) is 13.0 Å². The number of rotatable bonds is 6. The molecule has 1 heterocycles. The highest BCUT2D eigenvalue weighted by atomic mass is 16.5. The largest absolute Gasteiger partial charge is 0.497 e. The topological polar surface area (TPSA) is 105 Å². The van der Waals surface area contributed by atoms with Gasteiger partial charge in [0, 0.05) is 12.1 Å². The number of nitrogens with one attached hydrogen (secondary N) is 1. The molecule has 2 aromatic rings. The van der Waals surface area contributed by atoms with Gasteiger partial charge in [0.25, 0.3) is 0 Å². The fourth-order valence-electron chi connectivity index (χ4n) is 3.24. The van der Waals surface area contributed by atoms with Gasteiger partial charge in [-0.15, -0.1) is 0 Å². The van der Waals surface area contributed by atoms with Crippen LogP contribution in [0, 0.1) is 0 Å². The number of nitrogens with zero attached hydrogens (tertiary/aromatic N) is 1. The number of carboxylic acids is 1. The van der Waals surface area contributed by atoms with Crippen molar-refractivity contribution < 1.29 is 29.0 Å². The van der Waals surface area contributed by atoms with E-state index in [4.69, 9.17) is 9.47 Å². The average Bonchev–Trinajstić information content (AvgIpc) is 3.11. The summed E-state index contributed by atoms with van der Waals surface area (Å²) in [6.45, 7) is 1.56. The second-order valence-corrected chi connectivity index (χ2v) is 6.69. The Labute approximate surface area is 168 Å². The van der Waals surface area contributed by atoms with Crippen molar-refractivity contribution in [1.82, 2.24) is 5.32 Å². The van der Waals surface area contributed by atoms with Gasteiger partial charge >= 0.3 is 12.1 Å². The number of ether oxygens (including phenoxy) is 2. The predicted molar refractivity (Wildman–Crippen MR) is 105 cm³/mol. The van der Waals surface area contributed by atoms with Crippen LogP contribution in [0.15, 0.2) is 48.5 Å². The van der Waals surface area contributed by atoms with E-state index in [1.54, 1.807) is 18.2 Å². The van der Waals surface area contributed by atoms with Gasteiger partial charge in [0.15, 0.2) is 0 Å². The van der Waals surface area contributed by atoms with Crippen LogP contribution in [0.3, 0.4) is 0 Å². The number of anilines is 1. The van der Waals surface area contributed by atoms with Gasteiger partial charge in [0.05, 0.1) is 7.11 Å². The summed E-state index contributed by atoms with van der Waals surface area (Å²) >= 11 is 0. The second-order valence-electron chi connectivity index (χ2n) is 6.69. The number of carbonyl (C=O) groups excluding carboxylic acids is 2.